The van der Waals surface area contributed by atoms with Gasteiger partial charge in [-0.15, -0.1) is 0 Å². The third kappa shape index (κ3) is 2.34. The van der Waals surface area contributed by atoms with E-state index in [1.54, 1.807) is 0 Å². The standard InChI is InChI=1S/C12H19N3/c1-9-8-10(2)14-12(13-9)11-6-4-5-7-15(11)3/h8,11H,4-7H2,1-3H3. The van der Waals surface area contributed by atoms with Gasteiger partial charge in [-0.05, 0) is 46.3 Å². The van der Waals surface area contributed by atoms with Crippen LogP contribution in [0.4, 0.5) is 0 Å². The highest BCUT2D eigenvalue weighted by Crippen LogP contribution is 2.27. The van der Waals surface area contributed by atoms with Gasteiger partial charge in [0.2, 0.25) is 0 Å². The number of aromatic nitrogens is 2. The van der Waals surface area contributed by atoms with Crippen LogP contribution in [0.1, 0.15) is 42.5 Å². The number of nitrogens with zero attached hydrogens (tertiary/aromatic N) is 3. The molecule has 1 aromatic rings. The summed E-state index contributed by atoms with van der Waals surface area (Å²) in [5.41, 5.74) is 2.16. The van der Waals surface area contributed by atoms with Gasteiger partial charge in [-0.1, -0.05) is 6.42 Å². The van der Waals surface area contributed by atoms with E-state index >= 15 is 0 Å². The van der Waals surface area contributed by atoms with Crippen molar-refractivity contribution in [1.82, 2.24) is 14.9 Å². The van der Waals surface area contributed by atoms with E-state index in [9.17, 15) is 0 Å². The lowest BCUT2D eigenvalue weighted by Crippen LogP contribution is -2.31. The average Bonchev–Trinajstić information content (AvgIpc) is 2.16. The molecule has 0 N–H and O–H groups in total. The smallest absolute Gasteiger partial charge is 0.145 e. The van der Waals surface area contributed by atoms with Gasteiger partial charge in [0.25, 0.3) is 0 Å². The summed E-state index contributed by atoms with van der Waals surface area (Å²) in [5.74, 6) is 1.01. The summed E-state index contributed by atoms with van der Waals surface area (Å²) in [6.07, 6.45) is 3.79. The Morgan fingerprint density at radius 3 is 2.47 bits per heavy atom. The third-order valence-electron chi connectivity index (χ3n) is 3.07. The molecule has 1 unspecified atom stereocenters. The van der Waals surface area contributed by atoms with Gasteiger partial charge in [-0.2, -0.15) is 0 Å². The van der Waals surface area contributed by atoms with Crippen molar-refractivity contribution in [3.8, 4) is 0 Å². The first-order valence-corrected chi connectivity index (χ1v) is 5.69. The van der Waals surface area contributed by atoms with Gasteiger partial charge in [0.15, 0.2) is 0 Å². The Morgan fingerprint density at radius 1 is 1.20 bits per heavy atom. The highest BCUT2D eigenvalue weighted by molar-refractivity contribution is 5.10. The van der Waals surface area contributed by atoms with Crippen LogP contribution in [-0.2, 0) is 0 Å². The van der Waals surface area contributed by atoms with Crippen LogP contribution >= 0.6 is 0 Å². The van der Waals surface area contributed by atoms with Crippen LogP contribution in [0, 0.1) is 13.8 Å². The van der Waals surface area contributed by atoms with Gasteiger partial charge in [0, 0.05) is 11.4 Å². The maximum Gasteiger partial charge on any atom is 0.145 e. The van der Waals surface area contributed by atoms with Gasteiger partial charge in [0.1, 0.15) is 5.82 Å². The lowest BCUT2D eigenvalue weighted by Gasteiger charge is -2.31. The van der Waals surface area contributed by atoms with Gasteiger partial charge >= 0.3 is 0 Å². The molecule has 3 heteroatoms. The molecule has 82 valence electrons. The molecule has 15 heavy (non-hydrogen) atoms. The molecule has 3 nitrogen and oxygen atoms in total. The zero-order chi connectivity index (χ0) is 10.8. The molecular formula is C12H19N3. The second kappa shape index (κ2) is 4.27. The number of hydrogen-bond donors (Lipinski definition) is 0. The van der Waals surface area contributed by atoms with Crippen molar-refractivity contribution in [2.24, 2.45) is 0 Å². The van der Waals surface area contributed by atoms with E-state index in [1.165, 1.54) is 25.8 Å². The summed E-state index contributed by atoms with van der Waals surface area (Å²) in [4.78, 5) is 11.5. The van der Waals surface area contributed by atoms with Crippen LogP contribution in [0.5, 0.6) is 0 Å². The summed E-state index contributed by atoms with van der Waals surface area (Å²) in [6, 6.07) is 2.46. The molecule has 0 aromatic carbocycles. The molecule has 0 radical (unpaired) electrons. The molecule has 1 aliphatic heterocycles. The van der Waals surface area contributed by atoms with Gasteiger partial charge < -0.3 is 0 Å². The zero-order valence-corrected chi connectivity index (χ0v) is 9.82. The van der Waals surface area contributed by atoms with Gasteiger partial charge in [-0.3, -0.25) is 4.90 Å². The SMILES string of the molecule is Cc1cc(C)nc(C2CCCCN2C)n1. The van der Waals surface area contributed by atoms with Crippen molar-refractivity contribution >= 4 is 0 Å². The molecule has 1 fully saturated rings. The molecular weight excluding hydrogens is 186 g/mol. The van der Waals surface area contributed by atoms with Gasteiger partial charge in [0.05, 0.1) is 6.04 Å². The fraction of sp³-hybridized carbons (Fsp3) is 0.667. The summed E-state index contributed by atoms with van der Waals surface area (Å²) in [7, 11) is 2.17. The molecule has 0 bridgehead atoms. The third-order valence-corrected chi connectivity index (χ3v) is 3.07. The van der Waals surface area contributed by atoms with Crippen LogP contribution < -0.4 is 0 Å². The Morgan fingerprint density at radius 2 is 1.87 bits per heavy atom. The van der Waals surface area contributed by atoms with Crippen molar-refractivity contribution in [3.63, 3.8) is 0 Å². The predicted octanol–water partition coefficient (Wildman–Crippen LogP) is 2.25. The number of rotatable bonds is 1. The van der Waals surface area contributed by atoms with E-state index in [4.69, 9.17) is 0 Å². The summed E-state index contributed by atoms with van der Waals surface area (Å²) in [6.45, 7) is 5.25. The van der Waals surface area contributed by atoms with Crippen molar-refractivity contribution in [2.75, 3.05) is 13.6 Å². The first kappa shape index (κ1) is 10.6. The van der Waals surface area contributed by atoms with E-state index in [2.05, 4.69) is 21.9 Å². The molecule has 1 aliphatic rings. The molecule has 2 rings (SSSR count). The Kier molecular flexibility index (Phi) is 3.00. The maximum absolute atomic E-state index is 4.56. The fourth-order valence-corrected chi connectivity index (χ4v) is 2.30. The van der Waals surface area contributed by atoms with Crippen molar-refractivity contribution in [3.05, 3.63) is 23.3 Å². The highest BCUT2D eigenvalue weighted by Gasteiger charge is 2.23. The minimum atomic E-state index is 0.428. The monoisotopic (exact) mass is 205 g/mol. The van der Waals surface area contributed by atoms with E-state index < -0.39 is 0 Å². The van der Waals surface area contributed by atoms with Gasteiger partial charge in [-0.25, -0.2) is 9.97 Å². The number of likely N-dealkylation sites (tertiary alicyclic amines) is 1. The lowest BCUT2D eigenvalue weighted by molar-refractivity contribution is 0.179. The van der Waals surface area contributed by atoms with Crippen LogP contribution in [0.3, 0.4) is 0 Å². The normalized spacial score (nSPS) is 23.0. The molecule has 2 heterocycles. The largest absolute Gasteiger partial charge is 0.296 e. The van der Waals surface area contributed by atoms with Crippen molar-refractivity contribution in [1.29, 1.82) is 0 Å². The Balaban J connectivity index is 2.27. The van der Waals surface area contributed by atoms with E-state index in [0.29, 0.717) is 6.04 Å². The second-order valence-electron chi connectivity index (χ2n) is 4.50. The Hall–Kier alpha value is -0.960. The van der Waals surface area contributed by atoms with Crippen LogP contribution in [0.2, 0.25) is 0 Å². The molecule has 0 aliphatic carbocycles. The average molecular weight is 205 g/mol. The number of aryl methyl sites for hydroxylation is 2. The Bertz CT molecular complexity index is 328. The summed E-state index contributed by atoms with van der Waals surface area (Å²) >= 11 is 0. The summed E-state index contributed by atoms with van der Waals surface area (Å²) < 4.78 is 0. The Labute approximate surface area is 91.5 Å². The van der Waals surface area contributed by atoms with Crippen LogP contribution in [0.25, 0.3) is 0 Å². The minimum Gasteiger partial charge on any atom is -0.296 e. The number of hydrogen-bond acceptors (Lipinski definition) is 3. The predicted molar refractivity (Wildman–Crippen MR) is 60.7 cm³/mol. The molecule has 1 aromatic heterocycles. The molecule has 0 amide bonds. The minimum absolute atomic E-state index is 0.428. The fourth-order valence-electron chi connectivity index (χ4n) is 2.30. The molecule has 1 saturated heterocycles. The van der Waals surface area contributed by atoms with Crippen LogP contribution in [-0.4, -0.2) is 28.5 Å². The molecule has 1 atom stereocenters. The van der Waals surface area contributed by atoms with E-state index in [1.807, 2.05) is 19.9 Å². The topological polar surface area (TPSA) is 29.0 Å². The van der Waals surface area contributed by atoms with Crippen molar-refractivity contribution < 1.29 is 0 Å². The van der Waals surface area contributed by atoms with Crippen molar-refractivity contribution in [2.45, 2.75) is 39.2 Å². The quantitative estimate of drug-likeness (QED) is 0.704. The lowest BCUT2D eigenvalue weighted by atomic mass is 10.0. The maximum atomic E-state index is 4.56. The first-order valence-electron chi connectivity index (χ1n) is 5.69. The summed E-state index contributed by atoms with van der Waals surface area (Å²) in [5, 5.41) is 0. The molecule has 0 spiro atoms. The first-order chi connectivity index (χ1) is 7.16. The zero-order valence-electron chi connectivity index (χ0n) is 9.82. The molecule has 0 saturated carbocycles. The number of piperidine rings is 1. The van der Waals surface area contributed by atoms with Crippen LogP contribution in [0.15, 0.2) is 6.07 Å². The van der Waals surface area contributed by atoms with E-state index in [-0.39, 0.29) is 0 Å². The highest BCUT2D eigenvalue weighted by atomic mass is 15.2. The van der Waals surface area contributed by atoms with E-state index in [0.717, 1.165) is 17.2 Å². The second-order valence-corrected chi connectivity index (χ2v) is 4.50.